The van der Waals surface area contributed by atoms with Gasteiger partial charge in [-0.3, -0.25) is 11.7 Å². The van der Waals surface area contributed by atoms with Gasteiger partial charge >= 0.3 is 0 Å². The molecule has 0 spiro atoms. The molecule has 0 saturated carbocycles. The minimum absolute atomic E-state index is 0.152. The average Bonchev–Trinajstić information content (AvgIpc) is 2.54. The minimum Gasteiger partial charge on any atom is -0.345 e. The van der Waals surface area contributed by atoms with Crippen LogP contribution in [0.3, 0.4) is 0 Å². The van der Waals surface area contributed by atoms with Crippen molar-refractivity contribution in [3.8, 4) is 0 Å². The summed E-state index contributed by atoms with van der Waals surface area (Å²) in [5.41, 5.74) is 9.21. The van der Waals surface area contributed by atoms with Crippen LogP contribution in [-0.4, -0.2) is 17.5 Å². The third-order valence-electron chi connectivity index (χ3n) is 4.48. The van der Waals surface area contributed by atoms with Gasteiger partial charge in [-0.1, -0.05) is 77.0 Å². The maximum Gasteiger partial charge on any atom is 0.185 e. The van der Waals surface area contributed by atoms with E-state index in [4.69, 9.17) is 10.9 Å². The quantitative estimate of drug-likeness (QED) is 0.0965. The fraction of sp³-hybridized carbons (Fsp3) is 1.00. The number of quaternary nitrogens is 2. The number of hydrogen-bond donors (Lipinski definition) is 6. The van der Waals surface area contributed by atoms with Crippen molar-refractivity contribution in [3.63, 3.8) is 0 Å². The molecule has 0 aliphatic heterocycles. The zero-order chi connectivity index (χ0) is 17.2. The molecule has 0 aliphatic rings. The van der Waals surface area contributed by atoms with E-state index in [1.165, 1.54) is 77.0 Å². The van der Waals surface area contributed by atoms with Gasteiger partial charge in [0.25, 0.3) is 0 Å². The molecule has 6 nitrogen and oxygen atoms in total. The summed E-state index contributed by atoms with van der Waals surface area (Å²) in [6, 6.07) is 0. The maximum absolute atomic E-state index is 9.07. The largest absolute Gasteiger partial charge is 0.345 e. The smallest absolute Gasteiger partial charge is 0.185 e. The lowest BCUT2D eigenvalue weighted by atomic mass is 10.0. The first-order chi connectivity index (χ1) is 11.2. The summed E-state index contributed by atoms with van der Waals surface area (Å²) in [4.78, 5) is 0. The van der Waals surface area contributed by atoms with Crippen molar-refractivity contribution < 1.29 is 16.7 Å². The van der Waals surface area contributed by atoms with E-state index in [1.807, 2.05) is 0 Å². The summed E-state index contributed by atoms with van der Waals surface area (Å²) < 4.78 is 0. The van der Waals surface area contributed by atoms with Crippen molar-refractivity contribution in [2.24, 2.45) is 5.84 Å². The van der Waals surface area contributed by atoms with Crippen molar-refractivity contribution in [2.75, 3.05) is 0 Å². The van der Waals surface area contributed by atoms with E-state index in [9.17, 15) is 0 Å². The molecule has 0 aliphatic carbocycles. The van der Waals surface area contributed by atoms with Crippen LogP contribution in [0, 0.1) is 0 Å². The summed E-state index contributed by atoms with van der Waals surface area (Å²) in [7, 11) is 0. The van der Waals surface area contributed by atoms with Gasteiger partial charge in [0.1, 0.15) is 6.17 Å². The fourth-order valence-corrected chi connectivity index (χ4v) is 2.92. The van der Waals surface area contributed by atoms with Gasteiger partial charge in [0.05, 0.1) is 0 Å². The zero-order valence-corrected chi connectivity index (χ0v) is 15.2. The van der Waals surface area contributed by atoms with Crippen LogP contribution in [0.15, 0.2) is 0 Å². The number of aliphatic hydroxyl groups excluding tert-OH is 1. The van der Waals surface area contributed by atoms with E-state index in [2.05, 4.69) is 22.4 Å². The highest BCUT2D eigenvalue weighted by atomic mass is 16.3. The number of hydrazine groups is 1. The minimum atomic E-state index is -0.367. The predicted molar refractivity (Wildman–Crippen MR) is 95.3 cm³/mol. The van der Waals surface area contributed by atoms with Crippen LogP contribution in [0.4, 0.5) is 0 Å². The van der Waals surface area contributed by atoms with Gasteiger partial charge in [-0.25, -0.2) is 5.43 Å². The molecule has 0 aromatic heterocycles. The van der Waals surface area contributed by atoms with E-state index >= 15 is 0 Å². The van der Waals surface area contributed by atoms with Crippen molar-refractivity contribution in [2.45, 2.75) is 109 Å². The molecule has 6 heteroatoms. The SMILES string of the molecule is NNC(CCCCCCCCCCCCCCCC([NH3+])O)N[NH3+]. The Morgan fingerprint density at radius 3 is 1.35 bits per heavy atom. The molecule has 0 saturated heterocycles. The van der Waals surface area contributed by atoms with Gasteiger partial charge in [-0.2, -0.15) is 5.43 Å². The molecule has 2 atom stereocenters. The third kappa shape index (κ3) is 17.9. The summed E-state index contributed by atoms with van der Waals surface area (Å²) >= 11 is 0. The second kappa shape index (κ2) is 18.1. The van der Waals surface area contributed by atoms with Crippen molar-refractivity contribution in [1.29, 1.82) is 0 Å². The molecule has 0 amide bonds. The molecular weight excluding hydrogens is 290 g/mol. The molecule has 23 heavy (non-hydrogen) atoms. The van der Waals surface area contributed by atoms with Gasteiger partial charge in [0, 0.05) is 6.42 Å². The van der Waals surface area contributed by atoms with Crippen LogP contribution < -0.4 is 28.3 Å². The molecule has 0 radical (unpaired) electrons. The lowest BCUT2D eigenvalue weighted by molar-refractivity contribution is -0.483. The first-order valence-electron chi connectivity index (χ1n) is 9.70. The van der Waals surface area contributed by atoms with Crippen LogP contribution in [0.1, 0.15) is 96.3 Å². The van der Waals surface area contributed by atoms with E-state index < -0.39 is 0 Å². The van der Waals surface area contributed by atoms with Gasteiger partial charge in [-0.05, 0) is 12.8 Å². The normalized spacial score (nSPS) is 14.1. The van der Waals surface area contributed by atoms with E-state index in [0.29, 0.717) is 0 Å². The number of rotatable bonds is 18. The van der Waals surface area contributed by atoms with Crippen LogP contribution >= 0.6 is 0 Å². The molecule has 0 bridgehead atoms. The highest BCUT2D eigenvalue weighted by Gasteiger charge is 2.03. The molecule has 0 fully saturated rings. The molecule has 0 rings (SSSR count). The summed E-state index contributed by atoms with van der Waals surface area (Å²) in [5.74, 6) is 9.03. The second-order valence-electron chi connectivity index (χ2n) is 6.75. The van der Waals surface area contributed by atoms with Crippen molar-refractivity contribution in [3.05, 3.63) is 0 Å². The predicted octanol–water partition coefficient (Wildman–Crippen LogP) is 0.934. The first-order valence-corrected chi connectivity index (χ1v) is 9.70. The Bertz CT molecular complexity index is 225. The van der Waals surface area contributed by atoms with Crippen LogP contribution in [0.5, 0.6) is 0 Å². The van der Waals surface area contributed by atoms with Gasteiger partial charge in [-0.15, -0.1) is 0 Å². The Labute approximate surface area is 142 Å². The lowest BCUT2D eigenvalue weighted by Crippen LogP contribution is -2.72. The zero-order valence-electron chi connectivity index (χ0n) is 15.2. The Balaban J connectivity index is 3.05. The van der Waals surface area contributed by atoms with Gasteiger partial charge < -0.3 is 10.8 Å². The van der Waals surface area contributed by atoms with E-state index in [0.717, 1.165) is 19.3 Å². The Morgan fingerprint density at radius 1 is 0.696 bits per heavy atom. The summed E-state index contributed by atoms with van der Waals surface area (Å²) in [5, 5.41) is 9.07. The molecule has 0 heterocycles. The van der Waals surface area contributed by atoms with E-state index in [1.54, 1.807) is 0 Å². The highest BCUT2D eigenvalue weighted by molar-refractivity contribution is 4.55. The van der Waals surface area contributed by atoms with Crippen LogP contribution in [0.25, 0.3) is 0 Å². The third-order valence-corrected chi connectivity index (χ3v) is 4.48. The molecular formula is C17H43N5O+2. The Hall–Kier alpha value is -0.240. The standard InChI is InChI=1S/C17H41N5O/c18-16(23)14-12-10-8-6-4-2-1-3-5-7-9-11-13-15-17(21-19)22-20/h16-17,21-23H,1-15,18-20H2/p+2. The number of nitrogens with two attached hydrogens (primary N) is 1. The molecule has 2 unspecified atom stereocenters. The molecule has 0 aromatic carbocycles. The fourth-order valence-electron chi connectivity index (χ4n) is 2.92. The number of aliphatic hydroxyl groups is 1. The average molecular weight is 334 g/mol. The lowest BCUT2D eigenvalue weighted by Gasteiger charge is -2.11. The molecule has 140 valence electrons. The van der Waals surface area contributed by atoms with Crippen molar-refractivity contribution in [1.82, 2.24) is 10.9 Å². The summed E-state index contributed by atoms with van der Waals surface area (Å²) in [6.07, 6.45) is 18.9. The van der Waals surface area contributed by atoms with Crippen molar-refractivity contribution >= 4 is 0 Å². The number of unbranched alkanes of at least 4 members (excludes halogenated alkanes) is 12. The van der Waals surface area contributed by atoms with E-state index in [-0.39, 0.29) is 12.4 Å². The number of hydrogen-bond acceptors (Lipinski definition) is 4. The highest BCUT2D eigenvalue weighted by Crippen LogP contribution is 2.13. The van der Waals surface area contributed by atoms with Gasteiger partial charge in [0.2, 0.25) is 0 Å². The maximum atomic E-state index is 9.07. The first kappa shape index (κ1) is 22.8. The Morgan fingerprint density at radius 2 is 1.04 bits per heavy atom. The van der Waals surface area contributed by atoms with Crippen LogP contribution in [-0.2, 0) is 0 Å². The van der Waals surface area contributed by atoms with Gasteiger partial charge in [0.15, 0.2) is 6.23 Å². The topological polar surface area (TPSA) is 126 Å². The Kier molecular flexibility index (Phi) is 17.9. The second-order valence-corrected chi connectivity index (χ2v) is 6.75. The molecule has 0 aromatic rings. The molecule has 11 N–H and O–H groups in total. The summed E-state index contributed by atoms with van der Waals surface area (Å²) in [6.45, 7) is 0. The van der Waals surface area contributed by atoms with Crippen LogP contribution in [0.2, 0.25) is 0 Å². The number of nitrogens with one attached hydrogen (secondary N) is 2. The monoisotopic (exact) mass is 333 g/mol.